The molecule has 0 radical (unpaired) electrons. The van der Waals surface area contributed by atoms with Crippen molar-refractivity contribution in [2.24, 2.45) is 11.8 Å². The van der Waals surface area contributed by atoms with Crippen LogP contribution < -0.4 is 16.4 Å². The van der Waals surface area contributed by atoms with Gasteiger partial charge in [0.05, 0.1) is 11.9 Å². The number of aryl methyl sites for hydroxylation is 1. The maximum atomic E-state index is 13.1. The van der Waals surface area contributed by atoms with Crippen LogP contribution in [0.1, 0.15) is 59.4 Å². The minimum atomic E-state index is -0.632. The third-order valence-electron chi connectivity index (χ3n) is 6.42. The molecule has 1 aromatic rings. The van der Waals surface area contributed by atoms with Gasteiger partial charge in [0.2, 0.25) is 5.91 Å². The Bertz CT molecular complexity index is 810. The fraction of sp³-hybridized carbons (Fsp3) is 0.636. The number of hydrogen-bond donors (Lipinski definition) is 3. The van der Waals surface area contributed by atoms with Crippen molar-refractivity contribution >= 4 is 29.2 Å². The van der Waals surface area contributed by atoms with Gasteiger partial charge in [-0.05, 0) is 68.9 Å². The van der Waals surface area contributed by atoms with E-state index in [0.717, 1.165) is 44.1 Å². The van der Waals surface area contributed by atoms with E-state index in [1.165, 1.54) is 6.20 Å². The van der Waals surface area contributed by atoms with Crippen LogP contribution in [0.25, 0.3) is 0 Å². The first-order valence-electron chi connectivity index (χ1n) is 10.9. The Balaban J connectivity index is 0.00000341. The van der Waals surface area contributed by atoms with Crippen LogP contribution in [0.5, 0.6) is 0 Å². The topological polar surface area (TPSA) is 117 Å². The van der Waals surface area contributed by atoms with E-state index in [1.807, 2.05) is 0 Å². The fourth-order valence-corrected chi connectivity index (χ4v) is 4.80. The number of anilines is 2. The maximum Gasteiger partial charge on any atom is 0.313 e. The van der Waals surface area contributed by atoms with Crippen molar-refractivity contribution in [3.63, 3.8) is 0 Å². The molecule has 4 N–H and O–H groups in total. The van der Waals surface area contributed by atoms with Crippen LogP contribution in [0, 0.1) is 18.8 Å². The second-order valence-corrected chi connectivity index (χ2v) is 8.90. The molecule has 1 saturated carbocycles. The molecule has 2 atom stereocenters. The minimum Gasteiger partial charge on any atom is -0.383 e. The van der Waals surface area contributed by atoms with Gasteiger partial charge in [-0.1, -0.05) is 6.92 Å². The molecule has 2 heterocycles. The number of nitrogens with zero attached hydrogens (tertiary/aromatic N) is 2. The zero-order valence-electron chi connectivity index (χ0n) is 18.1. The van der Waals surface area contributed by atoms with Gasteiger partial charge in [-0.15, -0.1) is 0 Å². The highest BCUT2D eigenvalue weighted by atomic mass is 16.2. The number of likely N-dealkylation sites (tertiary alicyclic amines) is 1. The van der Waals surface area contributed by atoms with Crippen LogP contribution >= 0.6 is 0 Å². The summed E-state index contributed by atoms with van der Waals surface area (Å²) in [6, 6.07) is 2.01. The molecule has 8 nitrogen and oxygen atoms in total. The van der Waals surface area contributed by atoms with Gasteiger partial charge < -0.3 is 21.3 Å². The van der Waals surface area contributed by atoms with Crippen molar-refractivity contribution in [3.8, 4) is 0 Å². The summed E-state index contributed by atoms with van der Waals surface area (Å²) in [5.74, 6) is 0.0239. The molecule has 3 amide bonds. The number of carbonyl (C=O) groups is 3. The average molecular weight is 418 g/mol. The normalized spacial score (nSPS) is 26.7. The lowest BCUT2D eigenvalue weighted by Crippen LogP contribution is -2.54. The molecule has 1 aliphatic carbocycles. The van der Waals surface area contributed by atoms with E-state index in [4.69, 9.17) is 5.73 Å². The molecule has 2 aliphatic rings. The van der Waals surface area contributed by atoms with E-state index in [1.54, 1.807) is 24.8 Å². The highest BCUT2D eigenvalue weighted by Gasteiger charge is 2.39. The van der Waals surface area contributed by atoms with Gasteiger partial charge in [-0.25, -0.2) is 4.98 Å². The van der Waals surface area contributed by atoms with Crippen LogP contribution in [-0.4, -0.2) is 46.2 Å². The maximum absolute atomic E-state index is 13.1. The second kappa shape index (κ2) is 9.45. The van der Waals surface area contributed by atoms with Gasteiger partial charge >= 0.3 is 11.8 Å². The van der Waals surface area contributed by atoms with Gasteiger partial charge in [-0.3, -0.25) is 14.4 Å². The number of amides is 3. The number of piperidine rings is 1. The lowest BCUT2D eigenvalue weighted by atomic mass is 9.77. The number of nitrogen functional groups attached to an aromatic ring is 1. The second-order valence-electron chi connectivity index (χ2n) is 8.90. The molecule has 1 aromatic heterocycles. The SMILES string of the molecule is CC(=O)NC1CCC([C@@H]2CC[C@@H](C)CN2C(=O)C(=O)Nc2cnc(N)c(C)c2)CC1.[HH]. The van der Waals surface area contributed by atoms with Crippen molar-refractivity contribution in [2.75, 3.05) is 17.6 Å². The van der Waals surface area contributed by atoms with Crippen LogP contribution in [0.3, 0.4) is 0 Å². The summed E-state index contributed by atoms with van der Waals surface area (Å²) in [7, 11) is 0. The summed E-state index contributed by atoms with van der Waals surface area (Å²) in [4.78, 5) is 42.9. The minimum absolute atomic E-state index is 0. The summed E-state index contributed by atoms with van der Waals surface area (Å²) >= 11 is 0. The highest BCUT2D eigenvalue weighted by Crippen LogP contribution is 2.35. The largest absolute Gasteiger partial charge is 0.383 e. The Morgan fingerprint density at radius 2 is 1.87 bits per heavy atom. The van der Waals surface area contributed by atoms with Crippen LogP contribution in [0.15, 0.2) is 12.3 Å². The third-order valence-corrected chi connectivity index (χ3v) is 6.42. The molecule has 0 unspecified atom stereocenters. The molecular formula is C22H35N5O3. The zero-order chi connectivity index (χ0) is 21.8. The summed E-state index contributed by atoms with van der Waals surface area (Å²) in [6.07, 6.45) is 7.18. The number of hydrogen-bond acceptors (Lipinski definition) is 5. The Hall–Kier alpha value is -2.64. The number of carbonyl (C=O) groups excluding carboxylic acids is 3. The van der Waals surface area contributed by atoms with Crippen molar-refractivity contribution in [1.29, 1.82) is 0 Å². The molecule has 1 saturated heterocycles. The smallest absolute Gasteiger partial charge is 0.313 e. The predicted octanol–water partition coefficient (Wildman–Crippen LogP) is 2.48. The Kier molecular flexibility index (Phi) is 6.95. The lowest BCUT2D eigenvalue weighted by Gasteiger charge is -2.44. The first-order valence-corrected chi connectivity index (χ1v) is 10.9. The quantitative estimate of drug-likeness (QED) is 0.653. The lowest BCUT2D eigenvalue weighted by molar-refractivity contribution is -0.147. The Morgan fingerprint density at radius 3 is 2.50 bits per heavy atom. The van der Waals surface area contributed by atoms with Gasteiger partial charge in [-0.2, -0.15) is 0 Å². The molecule has 0 spiro atoms. The van der Waals surface area contributed by atoms with E-state index in [2.05, 4.69) is 22.5 Å². The van der Waals surface area contributed by atoms with Crippen molar-refractivity contribution in [1.82, 2.24) is 15.2 Å². The van der Waals surface area contributed by atoms with Gasteiger partial charge in [0.1, 0.15) is 5.82 Å². The van der Waals surface area contributed by atoms with Crippen LogP contribution in [-0.2, 0) is 14.4 Å². The van der Waals surface area contributed by atoms with E-state index < -0.39 is 11.8 Å². The molecule has 30 heavy (non-hydrogen) atoms. The molecule has 0 aromatic carbocycles. The Morgan fingerprint density at radius 1 is 1.17 bits per heavy atom. The highest BCUT2D eigenvalue weighted by molar-refractivity contribution is 6.39. The molecule has 8 heteroatoms. The molecular weight excluding hydrogens is 382 g/mol. The first kappa shape index (κ1) is 22.1. The summed E-state index contributed by atoms with van der Waals surface area (Å²) in [5, 5.41) is 5.68. The fourth-order valence-electron chi connectivity index (χ4n) is 4.80. The molecule has 1 aliphatic heterocycles. The standard InChI is InChI=1S/C22H33N5O3.H2/c1-13-4-9-19(16-5-7-17(8-6-16)25-15(3)28)27(12-13)22(30)21(29)26-18-10-14(2)20(23)24-11-18;/h10-11,13,16-17,19H,4-9,12H2,1-3H3,(H2,23,24)(H,25,28)(H,26,29);1H/t13-,16?,17?,19+;/m1./s1. The van der Waals surface area contributed by atoms with E-state index in [0.29, 0.717) is 29.9 Å². The van der Waals surface area contributed by atoms with Crippen molar-refractivity contribution in [2.45, 2.75) is 71.4 Å². The first-order chi connectivity index (χ1) is 14.2. The van der Waals surface area contributed by atoms with Crippen LogP contribution in [0.2, 0.25) is 0 Å². The van der Waals surface area contributed by atoms with Crippen molar-refractivity contribution in [3.05, 3.63) is 17.8 Å². The summed E-state index contributed by atoms with van der Waals surface area (Å²) < 4.78 is 0. The zero-order valence-corrected chi connectivity index (χ0v) is 18.1. The monoisotopic (exact) mass is 417 g/mol. The average Bonchev–Trinajstić information content (AvgIpc) is 2.70. The predicted molar refractivity (Wildman–Crippen MR) is 118 cm³/mol. The van der Waals surface area contributed by atoms with Gasteiger partial charge in [0, 0.05) is 27.0 Å². The number of rotatable bonds is 3. The summed E-state index contributed by atoms with van der Waals surface area (Å²) in [6.45, 7) is 6.07. The van der Waals surface area contributed by atoms with E-state index >= 15 is 0 Å². The Labute approximate surface area is 179 Å². The van der Waals surface area contributed by atoms with Gasteiger partial charge in [0.25, 0.3) is 0 Å². The van der Waals surface area contributed by atoms with Crippen LogP contribution in [0.4, 0.5) is 11.5 Å². The third kappa shape index (κ3) is 5.29. The molecule has 0 bridgehead atoms. The summed E-state index contributed by atoms with van der Waals surface area (Å²) in [5.41, 5.74) is 6.95. The van der Waals surface area contributed by atoms with Gasteiger partial charge in [0.15, 0.2) is 0 Å². The van der Waals surface area contributed by atoms with Crippen molar-refractivity contribution < 1.29 is 15.8 Å². The molecule has 2 fully saturated rings. The number of pyridine rings is 1. The van der Waals surface area contributed by atoms with E-state index in [9.17, 15) is 14.4 Å². The van der Waals surface area contributed by atoms with E-state index in [-0.39, 0.29) is 19.4 Å². The molecule has 3 rings (SSSR count). The number of nitrogens with two attached hydrogens (primary N) is 1. The molecule has 166 valence electrons. The number of nitrogens with one attached hydrogen (secondary N) is 2. The number of aromatic nitrogens is 1.